The predicted molar refractivity (Wildman–Crippen MR) is 76.1 cm³/mol. The average molecular weight is 266 g/mol. The zero-order valence-corrected chi connectivity index (χ0v) is 12.2. The molecule has 0 aliphatic carbocycles. The van der Waals surface area contributed by atoms with Crippen molar-refractivity contribution in [1.82, 2.24) is 20.5 Å². The van der Waals surface area contributed by atoms with Gasteiger partial charge in [-0.1, -0.05) is 51.9 Å². The van der Waals surface area contributed by atoms with Crippen LogP contribution in [0.1, 0.15) is 74.7 Å². The molecule has 0 radical (unpaired) electrons. The van der Waals surface area contributed by atoms with Crippen LogP contribution in [0.25, 0.3) is 0 Å². The van der Waals surface area contributed by atoms with Crippen molar-refractivity contribution < 1.29 is 4.79 Å². The highest BCUT2D eigenvalue weighted by Gasteiger charge is 2.09. The van der Waals surface area contributed by atoms with Gasteiger partial charge >= 0.3 is 0 Å². The number of aryl methyl sites for hydroxylation is 1. The number of rotatable bonds is 10. The minimum atomic E-state index is -0.188. The Bertz CT molecular complexity index is 362. The van der Waals surface area contributed by atoms with Gasteiger partial charge in [0.05, 0.1) is 0 Å². The first-order chi connectivity index (χ1) is 9.24. The van der Waals surface area contributed by atoms with Gasteiger partial charge in [-0.05, 0) is 13.3 Å². The number of H-pyrrole nitrogens is 1. The van der Waals surface area contributed by atoms with Crippen LogP contribution in [0.2, 0.25) is 0 Å². The van der Waals surface area contributed by atoms with Crippen molar-refractivity contribution in [3.8, 4) is 0 Å². The Balaban J connectivity index is 1.95. The number of aromatic nitrogens is 3. The molecule has 0 spiro atoms. The molecule has 0 saturated heterocycles. The maximum Gasteiger partial charge on any atom is 0.290 e. The lowest BCUT2D eigenvalue weighted by Crippen LogP contribution is -2.25. The van der Waals surface area contributed by atoms with Gasteiger partial charge in [0.25, 0.3) is 5.91 Å². The standard InChI is InChI=1S/C14H26N4O/c1-3-4-5-6-7-8-9-10-11-15-14(19)13-16-12(2)17-18-13/h3-11H2,1-2H3,(H,15,19)(H,16,17,18). The number of hydrogen-bond donors (Lipinski definition) is 2. The van der Waals surface area contributed by atoms with Crippen LogP contribution in [-0.2, 0) is 0 Å². The Hall–Kier alpha value is -1.39. The molecule has 0 bridgehead atoms. The molecule has 0 aliphatic rings. The highest BCUT2D eigenvalue weighted by Crippen LogP contribution is 2.07. The molecule has 0 unspecified atom stereocenters. The van der Waals surface area contributed by atoms with Crippen LogP contribution in [0, 0.1) is 6.92 Å². The molecule has 1 heterocycles. The monoisotopic (exact) mass is 266 g/mol. The number of amides is 1. The summed E-state index contributed by atoms with van der Waals surface area (Å²) in [5.41, 5.74) is 0. The number of aromatic amines is 1. The Labute approximate surface area is 115 Å². The van der Waals surface area contributed by atoms with E-state index in [0.717, 1.165) is 6.42 Å². The van der Waals surface area contributed by atoms with Crippen LogP contribution < -0.4 is 5.32 Å². The van der Waals surface area contributed by atoms with Crippen molar-refractivity contribution in [2.24, 2.45) is 0 Å². The van der Waals surface area contributed by atoms with E-state index in [-0.39, 0.29) is 11.7 Å². The van der Waals surface area contributed by atoms with E-state index in [2.05, 4.69) is 27.4 Å². The zero-order chi connectivity index (χ0) is 13.9. The van der Waals surface area contributed by atoms with E-state index in [1.165, 1.54) is 44.9 Å². The van der Waals surface area contributed by atoms with Crippen LogP contribution >= 0.6 is 0 Å². The normalized spacial score (nSPS) is 10.6. The molecule has 5 nitrogen and oxygen atoms in total. The Morgan fingerprint density at radius 1 is 1.11 bits per heavy atom. The van der Waals surface area contributed by atoms with Crippen molar-refractivity contribution in [3.63, 3.8) is 0 Å². The van der Waals surface area contributed by atoms with E-state index < -0.39 is 0 Å². The topological polar surface area (TPSA) is 70.7 Å². The molecule has 2 N–H and O–H groups in total. The van der Waals surface area contributed by atoms with Gasteiger partial charge in [-0.15, -0.1) is 5.10 Å². The van der Waals surface area contributed by atoms with Crippen LogP contribution in [0.4, 0.5) is 0 Å². The summed E-state index contributed by atoms with van der Waals surface area (Å²) in [6, 6.07) is 0. The Kier molecular flexibility index (Phi) is 7.86. The third-order valence-corrected chi connectivity index (χ3v) is 3.12. The lowest BCUT2D eigenvalue weighted by molar-refractivity contribution is 0.0943. The van der Waals surface area contributed by atoms with Crippen LogP contribution in [0.3, 0.4) is 0 Å². The van der Waals surface area contributed by atoms with Crippen LogP contribution in [0.15, 0.2) is 0 Å². The summed E-state index contributed by atoms with van der Waals surface area (Å²) < 4.78 is 0. The number of unbranched alkanes of at least 4 members (excludes halogenated alkanes) is 7. The molecule has 0 aliphatic heterocycles. The second-order valence-corrected chi connectivity index (χ2v) is 4.98. The highest BCUT2D eigenvalue weighted by atomic mass is 16.2. The summed E-state index contributed by atoms with van der Waals surface area (Å²) in [4.78, 5) is 15.6. The zero-order valence-electron chi connectivity index (χ0n) is 12.2. The first-order valence-corrected chi connectivity index (χ1v) is 7.41. The number of carbonyl (C=O) groups is 1. The molecule has 1 aromatic rings. The Morgan fingerprint density at radius 3 is 2.32 bits per heavy atom. The molecule has 0 aromatic carbocycles. The third-order valence-electron chi connectivity index (χ3n) is 3.12. The molecule has 19 heavy (non-hydrogen) atoms. The molecule has 108 valence electrons. The maximum atomic E-state index is 11.6. The predicted octanol–water partition coefficient (Wildman–Crippen LogP) is 2.98. The fraction of sp³-hybridized carbons (Fsp3) is 0.786. The fourth-order valence-corrected chi connectivity index (χ4v) is 1.98. The van der Waals surface area contributed by atoms with Crippen molar-refractivity contribution in [3.05, 3.63) is 11.6 Å². The number of carbonyl (C=O) groups excluding carboxylic acids is 1. The van der Waals surface area contributed by atoms with Crippen molar-refractivity contribution >= 4 is 5.91 Å². The van der Waals surface area contributed by atoms with Crippen LogP contribution in [0.5, 0.6) is 0 Å². The van der Waals surface area contributed by atoms with E-state index in [9.17, 15) is 4.79 Å². The van der Waals surface area contributed by atoms with Crippen molar-refractivity contribution in [2.75, 3.05) is 6.54 Å². The fourth-order valence-electron chi connectivity index (χ4n) is 1.98. The summed E-state index contributed by atoms with van der Waals surface area (Å²) in [7, 11) is 0. The van der Waals surface area contributed by atoms with Gasteiger partial charge in [-0.2, -0.15) is 0 Å². The maximum absolute atomic E-state index is 11.6. The van der Waals surface area contributed by atoms with E-state index in [0.29, 0.717) is 12.4 Å². The minimum absolute atomic E-state index is 0.188. The second kappa shape index (κ2) is 9.53. The third kappa shape index (κ3) is 6.94. The average Bonchev–Trinajstić information content (AvgIpc) is 2.83. The van der Waals surface area contributed by atoms with E-state index in [1.54, 1.807) is 6.92 Å². The Morgan fingerprint density at radius 2 is 1.74 bits per heavy atom. The molecule has 0 atom stereocenters. The van der Waals surface area contributed by atoms with Gasteiger partial charge in [-0.3, -0.25) is 9.89 Å². The van der Waals surface area contributed by atoms with Crippen molar-refractivity contribution in [1.29, 1.82) is 0 Å². The molecule has 1 aromatic heterocycles. The number of hydrogen-bond acceptors (Lipinski definition) is 3. The second-order valence-electron chi connectivity index (χ2n) is 4.98. The molecular weight excluding hydrogens is 240 g/mol. The van der Waals surface area contributed by atoms with E-state index in [1.807, 2.05) is 0 Å². The minimum Gasteiger partial charge on any atom is -0.349 e. The van der Waals surface area contributed by atoms with Gasteiger partial charge in [0.15, 0.2) is 0 Å². The van der Waals surface area contributed by atoms with Gasteiger partial charge in [0.2, 0.25) is 5.82 Å². The molecule has 5 heteroatoms. The number of nitrogens with one attached hydrogen (secondary N) is 2. The van der Waals surface area contributed by atoms with Gasteiger partial charge in [0, 0.05) is 6.54 Å². The SMILES string of the molecule is CCCCCCCCCCNC(=O)c1n[nH]c(C)n1. The molecule has 1 rings (SSSR count). The summed E-state index contributed by atoms with van der Waals surface area (Å²) in [5, 5.41) is 9.33. The first kappa shape index (κ1) is 15.7. The van der Waals surface area contributed by atoms with Crippen LogP contribution in [-0.4, -0.2) is 27.6 Å². The first-order valence-electron chi connectivity index (χ1n) is 7.41. The van der Waals surface area contributed by atoms with E-state index >= 15 is 0 Å². The summed E-state index contributed by atoms with van der Waals surface area (Å²) in [6.07, 6.45) is 10.1. The lowest BCUT2D eigenvalue weighted by atomic mass is 10.1. The summed E-state index contributed by atoms with van der Waals surface area (Å²) in [5.74, 6) is 0.710. The lowest BCUT2D eigenvalue weighted by Gasteiger charge is -2.03. The van der Waals surface area contributed by atoms with E-state index in [4.69, 9.17) is 0 Å². The molecule has 1 amide bonds. The smallest absolute Gasteiger partial charge is 0.290 e. The number of nitrogens with zero attached hydrogens (tertiary/aromatic N) is 2. The largest absolute Gasteiger partial charge is 0.349 e. The molecular formula is C14H26N4O. The van der Waals surface area contributed by atoms with Gasteiger partial charge in [0.1, 0.15) is 5.82 Å². The quantitative estimate of drug-likeness (QED) is 0.640. The van der Waals surface area contributed by atoms with Gasteiger partial charge < -0.3 is 5.32 Å². The highest BCUT2D eigenvalue weighted by molar-refractivity contribution is 5.90. The summed E-state index contributed by atoms with van der Waals surface area (Å²) in [6.45, 7) is 4.72. The molecule has 0 saturated carbocycles. The summed E-state index contributed by atoms with van der Waals surface area (Å²) >= 11 is 0. The molecule has 0 fully saturated rings. The van der Waals surface area contributed by atoms with Crippen molar-refractivity contribution in [2.45, 2.75) is 65.2 Å². The van der Waals surface area contributed by atoms with Gasteiger partial charge in [-0.25, -0.2) is 4.98 Å².